The minimum absolute atomic E-state index is 0.665. The second-order valence-electron chi connectivity index (χ2n) is 4.15. The summed E-state index contributed by atoms with van der Waals surface area (Å²) in [5.74, 6) is -0.896. The quantitative estimate of drug-likeness (QED) is 0.555. The Bertz CT molecular complexity index is 310. The van der Waals surface area contributed by atoms with E-state index >= 15 is 0 Å². The van der Waals surface area contributed by atoms with E-state index in [-0.39, 0.29) is 0 Å². The number of rotatable bonds is 6. The van der Waals surface area contributed by atoms with Crippen LogP contribution in [0, 0.1) is 0 Å². The summed E-state index contributed by atoms with van der Waals surface area (Å²) in [6.07, 6.45) is 7.65. The molecule has 0 saturated heterocycles. The molecule has 0 aromatic carbocycles. The Morgan fingerprint density at radius 1 is 1.38 bits per heavy atom. The maximum Gasteiger partial charge on any atom is 0.328 e. The summed E-state index contributed by atoms with van der Waals surface area (Å²) in [6.45, 7) is 7.74. The molecule has 0 rings (SSSR count). The second-order valence-corrected chi connectivity index (χ2v) is 4.15. The normalized spacial score (nSPS) is 13.9. The maximum atomic E-state index is 10.5. The molecule has 0 aromatic rings. The zero-order valence-electron chi connectivity index (χ0n) is 10.5. The number of carboxylic acids is 1. The topological polar surface area (TPSA) is 49.7 Å². The van der Waals surface area contributed by atoms with Crippen molar-refractivity contribution in [2.75, 3.05) is 0 Å². The summed E-state index contributed by atoms with van der Waals surface area (Å²) in [7, 11) is 0. The van der Waals surface area contributed by atoms with Crippen molar-refractivity contribution >= 4 is 12.2 Å². The van der Waals surface area contributed by atoms with Gasteiger partial charge in [-0.15, -0.1) is 0 Å². The Kier molecular flexibility index (Phi) is 7.18. The number of nitrogens with zero attached hydrogens (tertiary/aromatic N) is 1. The van der Waals surface area contributed by atoms with Crippen LogP contribution in [-0.4, -0.2) is 23.3 Å². The van der Waals surface area contributed by atoms with Gasteiger partial charge in [-0.3, -0.25) is 4.99 Å². The Balaban J connectivity index is 4.04. The predicted octanol–water partition coefficient (Wildman–Crippen LogP) is 3.22. The molecule has 16 heavy (non-hydrogen) atoms. The van der Waals surface area contributed by atoms with Crippen molar-refractivity contribution in [1.29, 1.82) is 0 Å². The van der Waals surface area contributed by atoms with Crippen molar-refractivity contribution in [2.45, 2.75) is 46.6 Å². The average molecular weight is 223 g/mol. The Hall–Kier alpha value is -1.38. The fraction of sp³-hybridized carbons (Fsp3) is 0.538. The van der Waals surface area contributed by atoms with Gasteiger partial charge in [0.15, 0.2) is 0 Å². The Morgan fingerprint density at radius 3 is 2.50 bits per heavy atom. The zero-order chi connectivity index (χ0) is 12.6. The van der Waals surface area contributed by atoms with E-state index in [1.807, 2.05) is 13.0 Å². The molecule has 0 heterocycles. The molecule has 0 aliphatic heterocycles. The van der Waals surface area contributed by atoms with Crippen molar-refractivity contribution in [2.24, 2.45) is 4.99 Å². The summed E-state index contributed by atoms with van der Waals surface area (Å²) in [6, 6.07) is -0.665. The van der Waals surface area contributed by atoms with Crippen molar-refractivity contribution in [3.8, 4) is 0 Å². The van der Waals surface area contributed by atoms with Crippen LogP contribution in [0.4, 0.5) is 0 Å². The van der Waals surface area contributed by atoms with E-state index in [2.05, 4.69) is 24.9 Å². The van der Waals surface area contributed by atoms with Gasteiger partial charge in [-0.25, -0.2) is 4.79 Å². The largest absolute Gasteiger partial charge is 0.480 e. The van der Waals surface area contributed by atoms with Crippen molar-refractivity contribution in [3.63, 3.8) is 0 Å². The monoisotopic (exact) mass is 223 g/mol. The van der Waals surface area contributed by atoms with E-state index in [4.69, 9.17) is 5.11 Å². The predicted molar refractivity (Wildman–Crippen MR) is 68.0 cm³/mol. The van der Waals surface area contributed by atoms with Crippen LogP contribution in [0.1, 0.15) is 40.5 Å². The van der Waals surface area contributed by atoms with E-state index < -0.39 is 12.0 Å². The fourth-order valence-electron chi connectivity index (χ4n) is 1.03. The van der Waals surface area contributed by atoms with E-state index in [1.165, 1.54) is 11.1 Å². The first-order valence-corrected chi connectivity index (χ1v) is 5.48. The van der Waals surface area contributed by atoms with Gasteiger partial charge >= 0.3 is 5.97 Å². The van der Waals surface area contributed by atoms with Gasteiger partial charge in [-0.05, 0) is 46.6 Å². The van der Waals surface area contributed by atoms with Gasteiger partial charge in [0, 0.05) is 6.21 Å². The summed E-state index contributed by atoms with van der Waals surface area (Å²) < 4.78 is 0. The second kappa shape index (κ2) is 7.85. The van der Waals surface area contributed by atoms with Crippen LogP contribution in [0.25, 0.3) is 0 Å². The SMILES string of the molecule is CC(C)=CCC/C(C)=C/C=N/[C@@H](C)C(=O)O. The van der Waals surface area contributed by atoms with Crippen LogP contribution < -0.4 is 0 Å². The first kappa shape index (κ1) is 14.6. The molecule has 0 unspecified atom stereocenters. The number of hydrogen-bond acceptors (Lipinski definition) is 2. The van der Waals surface area contributed by atoms with E-state index in [0.29, 0.717) is 0 Å². The van der Waals surface area contributed by atoms with E-state index in [0.717, 1.165) is 12.8 Å². The molecule has 0 amide bonds. The van der Waals surface area contributed by atoms with Crippen molar-refractivity contribution < 1.29 is 9.90 Å². The molecule has 0 aliphatic carbocycles. The smallest absolute Gasteiger partial charge is 0.328 e. The molecule has 1 atom stereocenters. The lowest BCUT2D eigenvalue weighted by molar-refractivity contribution is -0.137. The molecule has 0 aliphatic rings. The summed E-state index contributed by atoms with van der Waals surface area (Å²) in [5.41, 5.74) is 2.53. The molecule has 0 aromatic heterocycles. The molecule has 0 fully saturated rings. The molecular weight excluding hydrogens is 202 g/mol. The summed E-state index contributed by atoms with van der Waals surface area (Å²) in [4.78, 5) is 14.4. The average Bonchev–Trinajstić information content (AvgIpc) is 2.16. The molecule has 90 valence electrons. The summed E-state index contributed by atoms with van der Waals surface area (Å²) in [5, 5.41) is 8.61. The highest BCUT2D eigenvalue weighted by Gasteiger charge is 2.05. The third kappa shape index (κ3) is 7.97. The number of hydrogen-bond donors (Lipinski definition) is 1. The zero-order valence-corrected chi connectivity index (χ0v) is 10.5. The Morgan fingerprint density at radius 2 is 2.00 bits per heavy atom. The van der Waals surface area contributed by atoms with Gasteiger partial charge in [0.1, 0.15) is 6.04 Å². The third-order valence-corrected chi connectivity index (χ3v) is 2.12. The van der Waals surface area contributed by atoms with Crippen LogP contribution in [0.3, 0.4) is 0 Å². The highest BCUT2D eigenvalue weighted by molar-refractivity contribution is 5.79. The lowest BCUT2D eigenvalue weighted by Gasteiger charge is -1.98. The van der Waals surface area contributed by atoms with Crippen LogP contribution in [0.5, 0.6) is 0 Å². The molecule has 0 saturated carbocycles. The Labute approximate surface area is 97.6 Å². The molecule has 3 nitrogen and oxygen atoms in total. The van der Waals surface area contributed by atoms with E-state index in [9.17, 15) is 4.79 Å². The van der Waals surface area contributed by atoms with Gasteiger partial charge in [0.25, 0.3) is 0 Å². The molecule has 0 spiro atoms. The van der Waals surface area contributed by atoms with Gasteiger partial charge in [-0.1, -0.05) is 17.2 Å². The minimum atomic E-state index is -0.896. The van der Waals surface area contributed by atoms with Gasteiger partial charge < -0.3 is 5.11 Å². The molecule has 0 radical (unpaired) electrons. The highest BCUT2D eigenvalue weighted by Crippen LogP contribution is 2.05. The number of aliphatic carboxylic acids is 1. The van der Waals surface area contributed by atoms with Crippen LogP contribution in [0.2, 0.25) is 0 Å². The lowest BCUT2D eigenvalue weighted by atomic mass is 10.1. The van der Waals surface area contributed by atoms with E-state index in [1.54, 1.807) is 13.1 Å². The third-order valence-electron chi connectivity index (χ3n) is 2.12. The van der Waals surface area contributed by atoms with Crippen LogP contribution >= 0.6 is 0 Å². The molecule has 1 N–H and O–H groups in total. The summed E-state index contributed by atoms with van der Waals surface area (Å²) >= 11 is 0. The number of carbonyl (C=O) groups is 1. The van der Waals surface area contributed by atoms with Gasteiger partial charge in [0.05, 0.1) is 0 Å². The molecular formula is C13H21NO2. The fourth-order valence-corrected chi connectivity index (χ4v) is 1.03. The van der Waals surface area contributed by atoms with Crippen molar-refractivity contribution in [3.05, 3.63) is 23.3 Å². The number of aliphatic imine (C=N–C) groups is 1. The van der Waals surface area contributed by atoms with Crippen molar-refractivity contribution in [1.82, 2.24) is 0 Å². The molecule has 0 bridgehead atoms. The van der Waals surface area contributed by atoms with Crippen LogP contribution in [-0.2, 0) is 4.79 Å². The number of allylic oxidation sites excluding steroid dienone is 4. The standard InChI is InChI=1S/C13H21NO2/c1-10(2)6-5-7-11(3)8-9-14-12(4)13(15)16/h6,8-9,12H,5,7H2,1-4H3,(H,15,16)/b11-8+,14-9+/t12-/m0/s1. The van der Waals surface area contributed by atoms with Gasteiger partial charge in [-0.2, -0.15) is 0 Å². The first-order valence-electron chi connectivity index (χ1n) is 5.48. The number of carboxylic acid groups (broad SMARTS) is 1. The van der Waals surface area contributed by atoms with Crippen LogP contribution in [0.15, 0.2) is 28.3 Å². The minimum Gasteiger partial charge on any atom is -0.480 e. The maximum absolute atomic E-state index is 10.5. The lowest BCUT2D eigenvalue weighted by Crippen LogP contribution is -2.12. The molecule has 3 heteroatoms. The first-order chi connectivity index (χ1) is 7.43. The highest BCUT2D eigenvalue weighted by atomic mass is 16.4. The van der Waals surface area contributed by atoms with Gasteiger partial charge in [0.2, 0.25) is 0 Å².